The largest absolute Gasteiger partial charge is 0.306 e. The molecule has 0 spiro atoms. The zero-order valence-electron chi connectivity index (χ0n) is 14.7. The van der Waals surface area contributed by atoms with Gasteiger partial charge in [0.15, 0.2) is 0 Å². The van der Waals surface area contributed by atoms with Gasteiger partial charge in [-0.1, -0.05) is 17.7 Å². The number of imidazole rings is 1. The van der Waals surface area contributed by atoms with E-state index in [1.54, 1.807) is 22.7 Å². The fraction of sp³-hybridized carbons (Fsp3) is 0.0476. The summed E-state index contributed by atoms with van der Waals surface area (Å²) < 4.78 is 29.2. The quantitative estimate of drug-likeness (QED) is 0.496. The summed E-state index contributed by atoms with van der Waals surface area (Å²) in [6.45, 7) is 1.92. The van der Waals surface area contributed by atoms with Crippen LogP contribution in [0.2, 0.25) is 5.02 Å². The van der Waals surface area contributed by atoms with E-state index in [1.807, 2.05) is 19.1 Å². The average molecular weight is 398 g/mol. The van der Waals surface area contributed by atoms with Crippen molar-refractivity contribution in [2.75, 3.05) is 5.32 Å². The normalized spacial score (nSPS) is 11.0. The Morgan fingerprint density at radius 3 is 2.57 bits per heavy atom. The Morgan fingerprint density at radius 1 is 1.11 bits per heavy atom. The molecule has 28 heavy (non-hydrogen) atoms. The highest BCUT2D eigenvalue weighted by Crippen LogP contribution is 2.30. The van der Waals surface area contributed by atoms with Gasteiger partial charge >= 0.3 is 0 Å². The van der Waals surface area contributed by atoms with Crippen molar-refractivity contribution in [2.24, 2.45) is 0 Å². The van der Waals surface area contributed by atoms with Crippen LogP contribution in [0, 0.1) is 18.6 Å². The molecule has 2 heterocycles. The monoisotopic (exact) mass is 397 g/mol. The fourth-order valence-corrected chi connectivity index (χ4v) is 3.21. The molecule has 0 radical (unpaired) electrons. The van der Waals surface area contributed by atoms with Crippen molar-refractivity contribution < 1.29 is 13.6 Å². The second-order valence-electron chi connectivity index (χ2n) is 6.30. The first kappa shape index (κ1) is 18.1. The van der Waals surface area contributed by atoms with Gasteiger partial charge in [0.1, 0.15) is 28.8 Å². The maximum Gasteiger partial charge on any atom is 0.261 e. The average Bonchev–Trinajstić information content (AvgIpc) is 2.99. The van der Waals surface area contributed by atoms with Crippen molar-refractivity contribution in [3.63, 3.8) is 0 Å². The third-order valence-electron chi connectivity index (χ3n) is 4.32. The van der Waals surface area contributed by atoms with Gasteiger partial charge in [0.2, 0.25) is 0 Å². The number of carbonyl (C=O) groups excluding carboxylic acids is 1. The lowest BCUT2D eigenvalue weighted by atomic mass is 10.1. The van der Waals surface area contributed by atoms with Crippen LogP contribution < -0.4 is 5.32 Å². The van der Waals surface area contributed by atoms with Crippen molar-refractivity contribution in [1.82, 2.24) is 9.38 Å². The molecule has 0 saturated carbocycles. The molecule has 2 aromatic heterocycles. The molecule has 0 aliphatic heterocycles. The Hall–Kier alpha value is -3.25. The first-order chi connectivity index (χ1) is 13.4. The second-order valence-corrected chi connectivity index (χ2v) is 6.71. The van der Waals surface area contributed by atoms with E-state index in [4.69, 9.17) is 11.6 Å². The van der Waals surface area contributed by atoms with Crippen molar-refractivity contribution in [1.29, 1.82) is 0 Å². The summed E-state index contributed by atoms with van der Waals surface area (Å²) in [7, 11) is 0. The number of nitrogens with zero attached hydrogens (tertiary/aromatic N) is 2. The highest BCUT2D eigenvalue weighted by Gasteiger charge is 2.21. The zero-order valence-corrected chi connectivity index (χ0v) is 15.5. The van der Waals surface area contributed by atoms with Crippen LogP contribution in [-0.4, -0.2) is 15.3 Å². The van der Waals surface area contributed by atoms with Crippen LogP contribution in [0.4, 0.5) is 14.6 Å². The van der Waals surface area contributed by atoms with E-state index >= 15 is 0 Å². The van der Waals surface area contributed by atoms with Gasteiger partial charge in [-0.25, -0.2) is 13.8 Å². The van der Waals surface area contributed by atoms with E-state index in [-0.39, 0.29) is 16.4 Å². The standard InChI is InChI=1S/C21H14ClF2N3O/c1-12-9-10-27-17(11-12)25-19(13-5-7-14(23)8-6-13)20(27)26-21(28)18-15(22)3-2-4-16(18)24/h2-11H,1H3,(H,26,28). The van der Waals surface area contributed by atoms with Crippen LogP contribution in [0.5, 0.6) is 0 Å². The van der Waals surface area contributed by atoms with Crippen LogP contribution in [-0.2, 0) is 0 Å². The summed E-state index contributed by atoms with van der Waals surface area (Å²) in [6.07, 6.45) is 1.75. The summed E-state index contributed by atoms with van der Waals surface area (Å²) in [6, 6.07) is 13.5. The molecule has 0 unspecified atom stereocenters. The number of fused-ring (bicyclic) bond motifs is 1. The van der Waals surface area contributed by atoms with Gasteiger partial charge < -0.3 is 5.32 Å². The molecule has 0 saturated heterocycles. The summed E-state index contributed by atoms with van der Waals surface area (Å²) in [5.74, 6) is -1.47. The van der Waals surface area contributed by atoms with Crippen molar-refractivity contribution in [3.8, 4) is 11.3 Å². The number of halogens is 3. The summed E-state index contributed by atoms with van der Waals surface area (Å²) in [5.41, 5.74) is 2.37. The number of carbonyl (C=O) groups is 1. The predicted octanol–water partition coefficient (Wildman–Crippen LogP) is 5.49. The smallest absolute Gasteiger partial charge is 0.261 e. The summed E-state index contributed by atoms with van der Waals surface area (Å²) in [5, 5.41) is 2.71. The van der Waals surface area contributed by atoms with Crippen LogP contribution in [0.25, 0.3) is 16.9 Å². The number of anilines is 1. The lowest BCUT2D eigenvalue weighted by Crippen LogP contribution is -2.16. The number of hydrogen-bond acceptors (Lipinski definition) is 2. The maximum atomic E-state index is 14.2. The molecule has 0 fully saturated rings. The Kier molecular flexibility index (Phi) is 4.57. The predicted molar refractivity (Wildman–Crippen MR) is 105 cm³/mol. The van der Waals surface area contributed by atoms with E-state index < -0.39 is 11.7 Å². The van der Waals surface area contributed by atoms with Crippen molar-refractivity contribution in [3.05, 3.63) is 88.6 Å². The molecule has 4 nitrogen and oxygen atoms in total. The lowest BCUT2D eigenvalue weighted by molar-refractivity contribution is 0.102. The zero-order chi connectivity index (χ0) is 19.8. The highest BCUT2D eigenvalue weighted by molar-refractivity contribution is 6.34. The number of nitrogens with one attached hydrogen (secondary N) is 1. The molecule has 4 aromatic rings. The molecular formula is C21H14ClF2N3O. The Bertz CT molecular complexity index is 1180. The molecule has 140 valence electrons. The molecule has 0 atom stereocenters. The molecule has 7 heteroatoms. The van der Waals surface area contributed by atoms with Crippen LogP contribution in [0.15, 0.2) is 60.8 Å². The van der Waals surface area contributed by atoms with Gasteiger partial charge in [0.25, 0.3) is 5.91 Å². The van der Waals surface area contributed by atoms with Gasteiger partial charge in [-0.3, -0.25) is 9.20 Å². The maximum absolute atomic E-state index is 14.2. The minimum Gasteiger partial charge on any atom is -0.306 e. The number of pyridine rings is 1. The molecule has 0 bridgehead atoms. The fourth-order valence-electron chi connectivity index (χ4n) is 2.96. The van der Waals surface area contributed by atoms with Gasteiger partial charge in [-0.2, -0.15) is 0 Å². The van der Waals surface area contributed by atoms with Crippen LogP contribution in [0.1, 0.15) is 15.9 Å². The Balaban J connectivity index is 1.86. The number of amides is 1. The van der Waals surface area contributed by atoms with Crippen molar-refractivity contribution >= 4 is 29.0 Å². The van der Waals surface area contributed by atoms with E-state index in [2.05, 4.69) is 10.3 Å². The third-order valence-corrected chi connectivity index (χ3v) is 4.64. The molecular weight excluding hydrogens is 384 g/mol. The number of aromatic nitrogens is 2. The number of hydrogen-bond donors (Lipinski definition) is 1. The second kappa shape index (κ2) is 7.05. The number of rotatable bonds is 3. The van der Waals surface area contributed by atoms with E-state index in [1.165, 1.54) is 30.3 Å². The molecule has 4 rings (SSSR count). The van der Waals surface area contributed by atoms with Gasteiger partial charge in [0.05, 0.1) is 10.6 Å². The highest BCUT2D eigenvalue weighted by atomic mass is 35.5. The number of benzene rings is 2. The van der Waals surface area contributed by atoms with Crippen LogP contribution in [0.3, 0.4) is 0 Å². The minimum atomic E-state index is -0.724. The van der Waals surface area contributed by atoms with Gasteiger partial charge in [-0.15, -0.1) is 0 Å². The molecule has 2 aromatic carbocycles. The summed E-state index contributed by atoms with van der Waals surface area (Å²) >= 11 is 6.01. The van der Waals surface area contributed by atoms with Gasteiger partial charge in [0, 0.05) is 11.8 Å². The lowest BCUT2D eigenvalue weighted by Gasteiger charge is -2.10. The first-order valence-corrected chi connectivity index (χ1v) is 8.82. The first-order valence-electron chi connectivity index (χ1n) is 8.44. The van der Waals surface area contributed by atoms with Crippen LogP contribution >= 0.6 is 11.6 Å². The Morgan fingerprint density at radius 2 is 1.86 bits per heavy atom. The molecule has 0 aliphatic carbocycles. The SMILES string of the molecule is Cc1ccn2c(NC(=O)c3c(F)cccc3Cl)c(-c3ccc(F)cc3)nc2c1. The van der Waals surface area contributed by atoms with E-state index in [0.717, 1.165) is 5.56 Å². The number of aryl methyl sites for hydroxylation is 1. The van der Waals surface area contributed by atoms with Crippen molar-refractivity contribution in [2.45, 2.75) is 6.92 Å². The van der Waals surface area contributed by atoms with E-state index in [9.17, 15) is 13.6 Å². The molecule has 1 amide bonds. The third kappa shape index (κ3) is 3.23. The minimum absolute atomic E-state index is 0.00509. The van der Waals surface area contributed by atoms with Gasteiger partial charge in [-0.05, 0) is 61.0 Å². The summed E-state index contributed by atoms with van der Waals surface area (Å²) in [4.78, 5) is 17.3. The molecule has 1 N–H and O–H groups in total. The topological polar surface area (TPSA) is 46.4 Å². The van der Waals surface area contributed by atoms with E-state index in [0.29, 0.717) is 22.7 Å². The molecule has 0 aliphatic rings. The Labute approximate surface area is 164 Å².